The number of aromatic nitrogens is 1. The van der Waals surface area contributed by atoms with Gasteiger partial charge in [-0.15, -0.1) is 11.6 Å². The summed E-state index contributed by atoms with van der Waals surface area (Å²) in [7, 11) is 0. The van der Waals surface area contributed by atoms with Crippen molar-refractivity contribution in [2.45, 2.75) is 18.7 Å². The SMILES string of the molecule is O=C(O)Cc1cc(CCl)c(Br)nc1C(F)F. The first kappa shape index (κ1) is 13.3. The maximum Gasteiger partial charge on any atom is 0.307 e. The molecule has 1 aromatic rings. The van der Waals surface area contributed by atoms with Crippen LogP contribution < -0.4 is 0 Å². The lowest BCUT2D eigenvalue weighted by atomic mass is 10.1. The number of carboxylic acids is 1. The van der Waals surface area contributed by atoms with Crippen molar-refractivity contribution in [2.24, 2.45) is 0 Å². The van der Waals surface area contributed by atoms with Crippen molar-refractivity contribution in [3.05, 3.63) is 27.5 Å². The summed E-state index contributed by atoms with van der Waals surface area (Å²) in [6.45, 7) is 0. The van der Waals surface area contributed by atoms with Crippen LogP contribution in [0.15, 0.2) is 10.7 Å². The molecule has 1 aromatic heterocycles. The van der Waals surface area contributed by atoms with E-state index in [9.17, 15) is 13.6 Å². The van der Waals surface area contributed by atoms with Gasteiger partial charge in [-0.2, -0.15) is 0 Å². The van der Waals surface area contributed by atoms with Gasteiger partial charge in [0.1, 0.15) is 10.3 Å². The van der Waals surface area contributed by atoms with Gasteiger partial charge < -0.3 is 5.11 Å². The zero-order chi connectivity index (χ0) is 12.3. The monoisotopic (exact) mass is 313 g/mol. The molecule has 0 aliphatic carbocycles. The summed E-state index contributed by atoms with van der Waals surface area (Å²) in [5, 5.41) is 8.59. The minimum Gasteiger partial charge on any atom is -0.481 e. The molecule has 0 bridgehead atoms. The molecule has 16 heavy (non-hydrogen) atoms. The second-order valence-electron chi connectivity index (χ2n) is 2.99. The van der Waals surface area contributed by atoms with Crippen LogP contribution in [0.2, 0.25) is 0 Å². The van der Waals surface area contributed by atoms with Crippen LogP contribution in [0.1, 0.15) is 23.2 Å². The van der Waals surface area contributed by atoms with E-state index >= 15 is 0 Å². The third-order valence-corrected chi connectivity index (χ3v) is 2.83. The lowest BCUT2D eigenvalue weighted by Crippen LogP contribution is -2.07. The van der Waals surface area contributed by atoms with Gasteiger partial charge >= 0.3 is 5.97 Å². The van der Waals surface area contributed by atoms with E-state index in [4.69, 9.17) is 16.7 Å². The average Bonchev–Trinajstić information content (AvgIpc) is 2.19. The summed E-state index contributed by atoms with van der Waals surface area (Å²) < 4.78 is 25.4. The Morgan fingerprint density at radius 1 is 1.56 bits per heavy atom. The highest BCUT2D eigenvalue weighted by Crippen LogP contribution is 2.27. The molecule has 0 saturated heterocycles. The van der Waals surface area contributed by atoms with Crippen molar-refractivity contribution in [3.8, 4) is 0 Å². The molecule has 7 heteroatoms. The molecule has 1 heterocycles. The van der Waals surface area contributed by atoms with Gasteiger partial charge in [-0.25, -0.2) is 13.8 Å². The number of nitrogens with zero attached hydrogens (tertiary/aromatic N) is 1. The van der Waals surface area contributed by atoms with Gasteiger partial charge in [0.2, 0.25) is 0 Å². The van der Waals surface area contributed by atoms with Gasteiger partial charge in [0.05, 0.1) is 12.3 Å². The van der Waals surface area contributed by atoms with Gasteiger partial charge in [-0.1, -0.05) is 0 Å². The molecule has 1 rings (SSSR count). The second kappa shape index (κ2) is 5.54. The molecule has 88 valence electrons. The van der Waals surface area contributed by atoms with Gasteiger partial charge in [0, 0.05) is 5.56 Å². The molecule has 0 aliphatic rings. The van der Waals surface area contributed by atoms with Crippen LogP contribution in [-0.4, -0.2) is 16.1 Å². The summed E-state index contributed by atoms with van der Waals surface area (Å²) in [6.07, 6.45) is -3.31. The van der Waals surface area contributed by atoms with E-state index < -0.39 is 24.5 Å². The third-order valence-electron chi connectivity index (χ3n) is 1.85. The fourth-order valence-corrected chi connectivity index (χ4v) is 1.99. The fraction of sp³-hybridized carbons (Fsp3) is 0.333. The van der Waals surface area contributed by atoms with Crippen LogP contribution in [0.3, 0.4) is 0 Å². The Bertz CT molecular complexity index is 415. The van der Waals surface area contributed by atoms with Gasteiger partial charge in [-0.3, -0.25) is 4.79 Å². The molecule has 0 radical (unpaired) electrons. The van der Waals surface area contributed by atoms with Crippen LogP contribution in [0.4, 0.5) is 8.78 Å². The average molecular weight is 315 g/mol. The Hall–Kier alpha value is -0.750. The van der Waals surface area contributed by atoms with E-state index in [1.165, 1.54) is 6.07 Å². The predicted octanol–water partition coefficient (Wildman–Crippen LogP) is 3.15. The predicted molar refractivity (Wildman–Crippen MR) is 57.8 cm³/mol. The van der Waals surface area contributed by atoms with Crippen LogP contribution in [0, 0.1) is 0 Å². The van der Waals surface area contributed by atoms with E-state index in [1.54, 1.807) is 0 Å². The van der Waals surface area contributed by atoms with Gasteiger partial charge in [-0.05, 0) is 27.6 Å². The van der Waals surface area contributed by atoms with E-state index in [-0.39, 0.29) is 16.0 Å². The molecule has 3 nitrogen and oxygen atoms in total. The van der Waals surface area contributed by atoms with Crippen LogP contribution in [0.5, 0.6) is 0 Å². The molecule has 0 fully saturated rings. The molecule has 0 aromatic carbocycles. The molecule has 0 amide bonds. The Morgan fingerprint density at radius 2 is 2.19 bits per heavy atom. The standard InChI is InChI=1S/C9H7BrClF2NO2/c10-8-5(3-11)1-4(2-6(15)16)7(14-8)9(12)13/h1,9H,2-3H2,(H,15,16). The highest BCUT2D eigenvalue weighted by atomic mass is 79.9. The zero-order valence-corrected chi connectivity index (χ0v) is 10.2. The number of pyridine rings is 1. The molecular formula is C9H7BrClF2NO2. The summed E-state index contributed by atoms with van der Waals surface area (Å²) in [5.74, 6) is -1.12. The van der Waals surface area contributed by atoms with Crippen molar-refractivity contribution >= 4 is 33.5 Å². The molecule has 0 saturated carbocycles. The molecule has 0 atom stereocenters. The summed E-state index contributed by atoms with van der Waals surface area (Å²) >= 11 is 8.57. The number of halogens is 4. The molecule has 0 aliphatic heterocycles. The summed E-state index contributed by atoms with van der Waals surface area (Å²) in [5.41, 5.74) is -0.0493. The number of hydrogen-bond donors (Lipinski definition) is 1. The molecular weight excluding hydrogens is 307 g/mol. The topological polar surface area (TPSA) is 50.2 Å². The van der Waals surface area contributed by atoms with Crippen molar-refractivity contribution in [1.29, 1.82) is 0 Å². The maximum atomic E-state index is 12.6. The summed E-state index contributed by atoms with van der Waals surface area (Å²) in [6, 6.07) is 1.33. The van der Waals surface area contributed by atoms with E-state index in [0.717, 1.165) is 0 Å². The van der Waals surface area contributed by atoms with Gasteiger partial charge in [0.15, 0.2) is 0 Å². The Kier molecular flexibility index (Phi) is 4.61. The lowest BCUT2D eigenvalue weighted by molar-refractivity contribution is -0.136. The van der Waals surface area contributed by atoms with Gasteiger partial charge in [0.25, 0.3) is 6.43 Å². The number of alkyl halides is 3. The van der Waals surface area contributed by atoms with Crippen molar-refractivity contribution in [3.63, 3.8) is 0 Å². The lowest BCUT2D eigenvalue weighted by Gasteiger charge is -2.09. The Balaban J connectivity index is 3.24. The second-order valence-corrected chi connectivity index (χ2v) is 4.01. The zero-order valence-electron chi connectivity index (χ0n) is 7.88. The van der Waals surface area contributed by atoms with Crippen LogP contribution in [0.25, 0.3) is 0 Å². The first-order valence-corrected chi connectivity index (χ1v) is 5.52. The Labute approximate surface area is 104 Å². The number of carbonyl (C=O) groups is 1. The highest BCUT2D eigenvalue weighted by molar-refractivity contribution is 9.10. The maximum absolute atomic E-state index is 12.6. The fourth-order valence-electron chi connectivity index (χ4n) is 1.18. The quantitative estimate of drug-likeness (QED) is 0.686. The summed E-state index contributed by atoms with van der Waals surface area (Å²) in [4.78, 5) is 14.1. The first-order valence-electron chi connectivity index (χ1n) is 4.19. The normalized spacial score (nSPS) is 10.8. The van der Waals surface area contributed by atoms with Crippen LogP contribution in [-0.2, 0) is 17.1 Å². The van der Waals surface area contributed by atoms with Crippen molar-refractivity contribution in [2.75, 3.05) is 0 Å². The minimum absolute atomic E-state index is 0.0126. The number of hydrogen-bond acceptors (Lipinski definition) is 2. The van der Waals surface area contributed by atoms with Crippen molar-refractivity contribution < 1.29 is 18.7 Å². The van der Waals surface area contributed by atoms with Crippen LogP contribution >= 0.6 is 27.5 Å². The number of rotatable bonds is 4. The third kappa shape index (κ3) is 3.12. The number of aliphatic carboxylic acids is 1. The molecule has 0 spiro atoms. The smallest absolute Gasteiger partial charge is 0.307 e. The molecule has 1 N–H and O–H groups in total. The minimum atomic E-state index is -2.81. The largest absolute Gasteiger partial charge is 0.481 e. The Morgan fingerprint density at radius 3 is 2.62 bits per heavy atom. The van der Waals surface area contributed by atoms with E-state index in [0.29, 0.717) is 5.56 Å². The first-order chi connectivity index (χ1) is 7.45. The van der Waals surface area contributed by atoms with E-state index in [1.807, 2.05) is 0 Å². The molecule has 0 unspecified atom stereocenters. The number of carboxylic acid groups (broad SMARTS) is 1. The highest BCUT2D eigenvalue weighted by Gasteiger charge is 2.19. The van der Waals surface area contributed by atoms with E-state index in [2.05, 4.69) is 20.9 Å². The van der Waals surface area contributed by atoms with Crippen molar-refractivity contribution in [1.82, 2.24) is 4.98 Å².